The molecule has 0 unspecified atom stereocenters. The summed E-state index contributed by atoms with van der Waals surface area (Å²) < 4.78 is 25.5. The number of para-hydroxylation sites is 4. The highest BCUT2D eigenvalue weighted by Crippen LogP contribution is 2.33. The second-order valence-electron chi connectivity index (χ2n) is 10.2. The molecule has 0 bridgehead atoms. The van der Waals surface area contributed by atoms with Crippen molar-refractivity contribution in [3.63, 3.8) is 0 Å². The number of nitriles is 2. The number of aryl methyl sites for hydroxylation is 1. The Hall–Kier alpha value is -5.09. The molecule has 4 rings (SSSR count). The molecule has 0 aromatic heterocycles. The largest absolute Gasteiger partial charge is 0.455 e. The maximum Gasteiger partial charge on any atom is 0.150 e. The van der Waals surface area contributed by atoms with Gasteiger partial charge in [-0.25, -0.2) is 4.39 Å². The molecule has 0 amide bonds. The Morgan fingerprint density at radius 2 is 1.07 bits per heavy atom. The first kappa shape index (κ1) is 35.1. The minimum Gasteiger partial charge on any atom is -0.455 e. The van der Waals surface area contributed by atoms with Crippen LogP contribution >= 0.6 is 0 Å². The van der Waals surface area contributed by atoms with Crippen LogP contribution in [-0.2, 0) is 13.1 Å². The summed E-state index contributed by atoms with van der Waals surface area (Å²) in [6.07, 6.45) is 0. The average molecular weight is 596 g/mol. The SMILES string of the molecule is CC.CN(C)Cc1cc([18F])c(C#N)cc1Oc1ccccc1N.Cc1cc(CN(C)C)c(Oc2ccccc2N)cc1C#N. The van der Waals surface area contributed by atoms with Gasteiger partial charge >= 0.3 is 0 Å². The Bertz CT molecular complexity index is 1500. The van der Waals surface area contributed by atoms with Gasteiger partial charge in [-0.15, -0.1) is 0 Å². The van der Waals surface area contributed by atoms with Crippen LogP contribution in [0.3, 0.4) is 0 Å². The fourth-order valence-corrected chi connectivity index (χ4v) is 4.05. The molecule has 4 aromatic carbocycles. The van der Waals surface area contributed by atoms with Crippen molar-refractivity contribution in [3.05, 3.63) is 106 Å². The van der Waals surface area contributed by atoms with Crippen molar-refractivity contribution in [2.45, 2.75) is 33.9 Å². The van der Waals surface area contributed by atoms with Crippen LogP contribution in [0.4, 0.5) is 15.8 Å². The van der Waals surface area contributed by atoms with Crippen molar-refractivity contribution in [1.29, 1.82) is 10.5 Å². The number of hydrogen-bond acceptors (Lipinski definition) is 8. The van der Waals surface area contributed by atoms with Crippen LogP contribution in [-0.4, -0.2) is 38.0 Å². The van der Waals surface area contributed by atoms with Gasteiger partial charge in [0.05, 0.1) is 28.6 Å². The van der Waals surface area contributed by atoms with E-state index in [9.17, 15) is 9.65 Å². The Labute approximate surface area is 260 Å². The molecule has 0 aliphatic rings. The summed E-state index contributed by atoms with van der Waals surface area (Å²) >= 11 is 0. The molecule has 0 aliphatic carbocycles. The second-order valence-corrected chi connectivity index (χ2v) is 10.2. The minimum atomic E-state index is -0.553. The van der Waals surface area contributed by atoms with Gasteiger partial charge in [-0.05, 0) is 83.1 Å². The van der Waals surface area contributed by atoms with Gasteiger partial charge in [0.2, 0.25) is 0 Å². The fraction of sp³-hybridized carbons (Fsp3) is 0.257. The van der Waals surface area contributed by atoms with E-state index in [2.05, 4.69) is 11.0 Å². The minimum absolute atomic E-state index is 0.0537. The van der Waals surface area contributed by atoms with E-state index >= 15 is 0 Å². The molecule has 230 valence electrons. The zero-order chi connectivity index (χ0) is 32.8. The Morgan fingerprint density at radius 1 is 0.659 bits per heavy atom. The molecule has 0 aliphatic heterocycles. The molecule has 0 saturated heterocycles. The van der Waals surface area contributed by atoms with Gasteiger partial charge < -0.3 is 30.7 Å². The summed E-state index contributed by atoms with van der Waals surface area (Å²) in [5.41, 5.74) is 16.0. The number of nitrogen functional groups attached to an aromatic ring is 2. The molecule has 0 heterocycles. The van der Waals surface area contributed by atoms with Crippen LogP contribution in [0.5, 0.6) is 23.0 Å². The normalized spacial score (nSPS) is 10.1. The third-order valence-corrected chi connectivity index (χ3v) is 6.05. The zero-order valence-corrected chi connectivity index (χ0v) is 26.5. The summed E-state index contributed by atoms with van der Waals surface area (Å²) in [5, 5.41) is 18.2. The van der Waals surface area contributed by atoms with Gasteiger partial charge in [0.25, 0.3) is 0 Å². The number of rotatable bonds is 8. The molecular weight excluding hydrogens is 554 g/mol. The van der Waals surface area contributed by atoms with Gasteiger partial charge in [0.15, 0.2) is 0 Å². The number of halogens is 1. The van der Waals surface area contributed by atoms with Crippen LogP contribution in [0.15, 0.2) is 72.8 Å². The highest BCUT2D eigenvalue weighted by atomic mass is 18.2. The first-order chi connectivity index (χ1) is 21.0. The van der Waals surface area contributed by atoms with Crippen molar-refractivity contribution in [1.82, 2.24) is 9.80 Å². The standard InChI is InChI=1S/C17H19N3O.C16H16FN3O.C2H6/c1-12-8-14(11-20(2)3)17(9-13(12)10-18)21-16-7-5-4-6-15(16)19;1-20(2)10-12-7-13(17)11(9-18)8-16(12)21-15-6-4-3-5-14(15)19;1-2/h4-9H,11,19H2,1-3H3;3-8H,10,19H2,1-2H3;1-2H3/i;17-1;. The molecule has 44 heavy (non-hydrogen) atoms. The smallest absolute Gasteiger partial charge is 0.150 e. The third-order valence-electron chi connectivity index (χ3n) is 6.05. The number of hydrogen-bond donors (Lipinski definition) is 2. The number of benzene rings is 4. The summed E-state index contributed by atoms with van der Waals surface area (Å²) in [7, 11) is 7.73. The van der Waals surface area contributed by atoms with E-state index in [1.165, 1.54) is 12.1 Å². The molecule has 0 atom stereocenters. The van der Waals surface area contributed by atoms with Crippen LogP contribution in [0.1, 0.15) is 41.7 Å². The van der Waals surface area contributed by atoms with E-state index in [-0.39, 0.29) is 5.56 Å². The first-order valence-corrected chi connectivity index (χ1v) is 14.1. The van der Waals surface area contributed by atoms with Crippen LogP contribution in [0.25, 0.3) is 0 Å². The van der Waals surface area contributed by atoms with Crippen molar-refractivity contribution in [2.75, 3.05) is 39.7 Å². The van der Waals surface area contributed by atoms with E-state index in [0.717, 1.165) is 17.7 Å². The van der Waals surface area contributed by atoms with Crippen molar-refractivity contribution < 1.29 is 13.9 Å². The third kappa shape index (κ3) is 10.0. The van der Waals surface area contributed by atoms with E-state index < -0.39 is 5.82 Å². The maximum atomic E-state index is 13.8. The van der Waals surface area contributed by atoms with E-state index in [1.807, 2.05) is 84.2 Å². The second kappa shape index (κ2) is 17.1. The van der Waals surface area contributed by atoms with Crippen LogP contribution < -0.4 is 20.9 Å². The number of anilines is 2. The van der Waals surface area contributed by atoms with Crippen LogP contribution in [0, 0.1) is 35.4 Å². The fourth-order valence-electron chi connectivity index (χ4n) is 4.05. The van der Waals surface area contributed by atoms with Gasteiger partial charge in [-0.3, -0.25) is 0 Å². The lowest BCUT2D eigenvalue weighted by molar-refractivity contribution is 0.387. The van der Waals surface area contributed by atoms with Crippen molar-refractivity contribution in [3.8, 4) is 35.1 Å². The molecule has 0 fully saturated rings. The summed E-state index contributed by atoms with van der Waals surface area (Å²) in [6.45, 7) is 7.15. The number of nitrogens with two attached hydrogens (primary N) is 2. The maximum absolute atomic E-state index is 13.8. The molecule has 0 saturated carbocycles. The van der Waals surface area contributed by atoms with Crippen LogP contribution in [0.2, 0.25) is 0 Å². The van der Waals surface area contributed by atoms with E-state index in [1.54, 1.807) is 36.4 Å². The quantitative estimate of drug-likeness (QED) is 0.201. The first-order valence-electron chi connectivity index (χ1n) is 14.1. The molecule has 9 heteroatoms. The van der Waals surface area contributed by atoms with Gasteiger partial charge in [-0.2, -0.15) is 10.5 Å². The highest BCUT2D eigenvalue weighted by Gasteiger charge is 2.14. The molecule has 8 nitrogen and oxygen atoms in total. The monoisotopic (exact) mass is 595 g/mol. The molecular formula is C35H41FN6O2. The topological polar surface area (TPSA) is 125 Å². The highest BCUT2D eigenvalue weighted by molar-refractivity contribution is 5.57. The summed E-state index contributed by atoms with van der Waals surface area (Å²) in [6, 6.07) is 24.9. The average Bonchev–Trinajstić information content (AvgIpc) is 2.98. The van der Waals surface area contributed by atoms with Crippen molar-refractivity contribution in [2.24, 2.45) is 0 Å². The lowest BCUT2D eigenvalue weighted by Gasteiger charge is -2.17. The van der Waals surface area contributed by atoms with Gasteiger partial charge in [0.1, 0.15) is 34.9 Å². The van der Waals surface area contributed by atoms with Gasteiger partial charge in [-0.1, -0.05) is 38.1 Å². The van der Waals surface area contributed by atoms with Gasteiger partial charge in [0, 0.05) is 30.3 Å². The Morgan fingerprint density at radius 3 is 1.48 bits per heavy atom. The Balaban J connectivity index is 0.000000291. The molecule has 4 aromatic rings. The summed E-state index contributed by atoms with van der Waals surface area (Å²) in [5.74, 6) is 1.63. The molecule has 0 radical (unpaired) electrons. The predicted octanol–water partition coefficient (Wildman–Crippen LogP) is 7.46. The summed E-state index contributed by atoms with van der Waals surface area (Å²) in [4.78, 5) is 3.95. The molecule has 0 spiro atoms. The number of nitrogens with zero attached hydrogens (tertiary/aromatic N) is 4. The van der Waals surface area contributed by atoms with Crippen molar-refractivity contribution >= 4 is 11.4 Å². The molecule has 4 N–H and O–H groups in total. The van der Waals surface area contributed by atoms with E-state index in [0.29, 0.717) is 52.0 Å². The lowest BCUT2D eigenvalue weighted by atomic mass is 10.0. The number of ether oxygens (including phenoxy) is 2. The lowest BCUT2D eigenvalue weighted by Crippen LogP contribution is -2.12. The van der Waals surface area contributed by atoms with E-state index in [4.69, 9.17) is 26.2 Å². The Kier molecular flexibility index (Phi) is 13.7. The predicted molar refractivity (Wildman–Crippen MR) is 175 cm³/mol. The zero-order valence-electron chi connectivity index (χ0n) is 26.5.